The Labute approximate surface area is 726 Å². The lowest BCUT2D eigenvalue weighted by molar-refractivity contribution is 0.00578. The number of hydrogen-bond acceptors (Lipinski definition) is 4. The van der Waals surface area contributed by atoms with E-state index in [1.165, 1.54) is 122 Å². The lowest BCUT2D eigenvalue weighted by Gasteiger charge is -2.34. The van der Waals surface area contributed by atoms with Crippen molar-refractivity contribution in [1.29, 1.82) is 0 Å². The fourth-order valence-corrected chi connectivity index (χ4v) is 18.7. The zero-order chi connectivity index (χ0) is 82.6. The predicted molar refractivity (Wildman–Crippen MR) is 514 cm³/mol. The third-order valence-electron chi connectivity index (χ3n) is 24.9. The highest BCUT2D eigenvalue weighted by Crippen LogP contribution is 2.58. The maximum absolute atomic E-state index is 6.29. The van der Waals surface area contributed by atoms with Gasteiger partial charge in [0.05, 0.1) is 22.0 Å². The van der Waals surface area contributed by atoms with Crippen molar-refractivity contribution < 1.29 is 9.31 Å². The first-order valence-corrected chi connectivity index (χ1v) is 42.8. The molecular formula is C116H90BBrN2O2. The van der Waals surface area contributed by atoms with Gasteiger partial charge in [0.2, 0.25) is 0 Å². The van der Waals surface area contributed by atoms with E-state index in [1.54, 1.807) is 0 Å². The third kappa shape index (κ3) is 14.8. The molecule has 586 valence electrons. The number of halogens is 1. The predicted octanol–water partition coefficient (Wildman–Crippen LogP) is 30.1. The standard InChI is InChI=1S/C55H39N.C36H34BNO2.C25H17Br/c1-4-15-40(16-5-1)42-27-33-48(34-28-42)56(49-35-29-43(30-36-49)41-17-6-2-7-18-41)50-37-31-44(32-38-50)45-19-14-22-47(39-45)55(46-20-8-3-9-21-46)53-25-12-10-23-51(53)52-24-11-13-26-54(52)55;1-35(2)36(3,4)40-37(39-35)31-19-25-34(26-20-31)38(32-21-15-29(16-22-32)27-11-7-5-8-12-27)33-23-17-30(18-24-33)28-13-9-6-10-14-28;26-20-12-8-11-19(17-20)25(18-9-2-1-3-10-18)23-15-6-4-13-21(23)22-14-5-7-16-24(22)25/h1-39H;5-26H,1-4H3;1-17H. The zero-order valence-electron chi connectivity index (χ0n) is 68.7. The van der Waals surface area contributed by atoms with Crippen molar-refractivity contribution in [3.63, 3.8) is 0 Å². The molecule has 0 spiro atoms. The van der Waals surface area contributed by atoms with E-state index in [-0.39, 0.29) is 23.7 Å². The number of fused-ring (bicyclic) bond motifs is 6. The zero-order valence-corrected chi connectivity index (χ0v) is 70.3. The van der Waals surface area contributed by atoms with Gasteiger partial charge in [-0.25, -0.2) is 0 Å². The highest BCUT2D eigenvalue weighted by Gasteiger charge is 2.52. The summed E-state index contributed by atoms with van der Waals surface area (Å²) in [6.45, 7) is 8.34. The first-order valence-electron chi connectivity index (χ1n) is 42.0. The Morgan fingerprint density at radius 2 is 0.426 bits per heavy atom. The van der Waals surface area contributed by atoms with Gasteiger partial charge >= 0.3 is 7.12 Å². The number of hydrogen-bond donors (Lipinski definition) is 0. The molecule has 0 aromatic heterocycles. The molecule has 3 aliphatic rings. The lowest BCUT2D eigenvalue weighted by atomic mass is 9.67. The van der Waals surface area contributed by atoms with Gasteiger partial charge in [-0.15, -0.1) is 0 Å². The summed E-state index contributed by atoms with van der Waals surface area (Å²) in [5.41, 5.74) is 33.9. The molecule has 122 heavy (non-hydrogen) atoms. The Morgan fingerprint density at radius 3 is 0.721 bits per heavy atom. The summed E-state index contributed by atoms with van der Waals surface area (Å²) in [5, 5.41) is 0. The Hall–Kier alpha value is -14.0. The molecule has 0 bridgehead atoms. The molecule has 4 nitrogen and oxygen atoms in total. The van der Waals surface area contributed by atoms with Crippen molar-refractivity contribution in [3.05, 3.63) is 522 Å². The molecule has 1 aliphatic heterocycles. The fourth-order valence-electron chi connectivity index (χ4n) is 18.3. The molecule has 6 heteroatoms. The van der Waals surface area contributed by atoms with Crippen LogP contribution in [0.25, 0.3) is 77.9 Å². The summed E-state index contributed by atoms with van der Waals surface area (Å²) in [7, 11) is -0.386. The topological polar surface area (TPSA) is 24.9 Å². The number of rotatable bonds is 16. The summed E-state index contributed by atoms with van der Waals surface area (Å²) in [6, 6.07) is 170. The van der Waals surface area contributed by atoms with E-state index in [9.17, 15) is 0 Å². The highest BCUT2D eigenvalue weighted by atomic mass is 79.9. The van der Waals surface area contributed by atoms with Crippen LogP contribution in [0.1, 0.15) is 72.2 Å². The molecule has 1 fully saturated rings. The van der Waals surface area contributed by atoms with E-state index in [1.807, 2.05) is 12.1 Å². The van der Waals surface area contributed by atoms with Gasteiger partial charge < -0.3 is 19.1 Å². The number of anilines is 6. The van der Waals surface area contributed by atoms with Crippen LogP contribution in [0.5, 0.6) is 0 Å². The van der Waals surface area contributed by atoms with Gasteiger partial charge in [-0.3, -0.25) is 0 Å². The second-order valence-electron chi connectivity index (χ2n) is 32.6. The van der Waals surface area contributed by atoms with Crippen molar-refractivity contribution >= 4 is 62.6 Å². The van der Waals surface area contributed by atoms with Gasteiger partial charge in [0.15, 0.2) is 0 Å². The van der Waals surface area contributed by atoms with Crippen LogP contribution in [0.2, 0.25) is 0 Å². The third-order valence-corrected chi connectivity index (χ3v) is 25.4. The SMILES string of the molecule is Brc1cccc(C2(c3ccccc3)c3ccccc3-c3ccccc32)c1.CC1(C)OB(c2ccc(N(c3ccc(-c4ccccc4)cc3)c3ccc(-c4ccccc4)cc3)cc2)OC1(C)C.c1ccc(-c2ccc(N(c3ccc(-c4ccccc4)cc3)c3ccc(-c4cccc(C5(c6ccccc6)c6ccccc6-c6ccccc65)c4)cc3)cc2)cc1. The van der Waals surface area contributed by atoms with Crippen LogP contribution < -0.4 is 15.3 Å². The van der Waals surface area contributed by atoms with Crippen molar-refractivity contribution in [2.24, 2.45) is 0 Å². The average molecular weight is 1630 g/mol. The summed E-state index contributed by atoms with van der Waals surface area (Å²) >= 11 is 3.69. The fraction of sp³-hybridized carbons (Fsp3) is 0.0690. The molecule has 18 aromatic rings. The quantitative estimate of drug-likeness (QED) is 0.0900. The molecule has 18 aromatic carbocycles. The molecule has 0 N–H and O–H groups in total. The van der Waals surface area contributed by atoms with Crippen LogP contribution in [-0.2, 0) is 20.1 Å². The number of benzene rings is 18. The smallest absolute Gasteiger partial charge is 0.399 e. The average Bonchev–Trinajstić information content (AvgIpc) is 1.54. The summed E-state index contributed by atoms with van der Waals surface area (Å²) in [6.07, 6.45) is 0. The van der Waals surface area contributed by atoms with Crippen molar-refractivity contribution in [3.8, 4) is 77.9 Å². The maximum Gasteiger partial charge on any atom is 0.494 e. The summed E-state index contributed by atoms with van der Waals surface area (Å²) in [4.78, 5) is 4.64. The lowest BCUT2D eigenvalue weighted by Crippen LogP contribution is -2.41. The van der Waals surface area contributed by atoms with Crippen LogP contribution in [0.3, 0.4) is 0 Å². The van der Waals surface area contributed by atoms with Crippen LogP contribution in [0.4, 0.5) is 34.1 Å². The van der Waals surface area contributed by atoms with E-state index in [0.29, 0.717) is 0 Å². The minimum Gasteiger partial charge on any atom is -0.399 e. The van der Waals surface area contributed by atoms with Gasteiger partial charge in [-0.1, -0.05) is 398 Å². The van der Waals surface area contributed by atoms with Crippen molar-refractivity contribution in [2.45, 2.75) is 49.7 Å². The molecule has 0 amide bonds. The first kappa shape index (κ1) is 77.9. The Kier molecular flexibility index (Phi) is 21.5. The van der Waals surface area contributed by atoms with Gasteiger partial charge in [0.1, 0.15) is 0 Å². The molecule has 21 rings (SSSR count). The van der Waals surface area contributed by atoms with E-state index in [2.05, 4.69) is 514 Å². The molecule has 2 aliphatic carbocycles. The Balaban J connectivity index is 0.000000129. The summed E-state index contributed by atoms with van der Waals surface area (Å²) in [5.74, 6) is 0. The minimum atomic E-state index is -0.432. The molecular weight excluding hydrogens is 1540 g/mol. The second kappa shape index (κ2) is 33.7. The molecule has 0 saturated carbocycles. The van der Waals surface area contributed by atoms with E-state index >= 15 is 0 Å². The largest absolute Gasteiger partial charge is 0.494 e. The van der Waals surface area contributed by atoms with Gasteiger partial charge in [0, 0.05) is 38.6 Å². The Bertz CT molecular complexity index is 6380. The second-order valence-corrected chi connectivity index (χ2v) is 33.5. The van der Waals surface area contributed by atoms with Crippen LogP contribution in [-0.4, -0.2) is 18.3 Å². The Morgan fingerprint density at radius 1 is 0.205 bits per heavy atom. The van der Waals surface area contributed by atoms with Crippen LogP contribution >= 0.6 is 15.9 Å². The number of nitrogens with zero attached hydrogens (tertiary/aromatic N) is 2. The monoisotopic (exact) mass is 1630 g/mol. The summed E-state index contributed by atoms with van der Waals surface area (Å²) < 4.78 is 13.7. The van der Waals surface area contributed by atoms with E-state index in [0.717, 1.165) is 44.1 Å². The molecule has 1 saturated heterocycles. The molecule has 0 unspecified atom stereocenters. The van der Waals surface area contributed by atoms with E-state index < -0.39 is 5.41 Å². The van der Waals surface area contributed by atoms with E-state index in [4.69, 9.17) is 9.31 Å². The highest BCUT2D eigenvalue weighted by molar-refractivity contribution is 9.10. The normalized spacial score (nSPS) is 13.8. The van der Waals surface area contributed by atoms with Crippen molar-refractivity contribution in [1.82, 2.24) is 0 Å². The van der Waals surface area contributed by atoms with Gasteiger partial charge in [-0.2, -0.15) is 0 Å². The minimum absolute atomic E-state index is 0.293. The van der Waals surface area contributed by atoms with Crippen LogP contribution in [0.15, 0.2) is 478 Å². The molecule has 0 atom stereocenters. The van der Waals surface area contributed by atoms with Crippen molar-refractivity contribution in [2.75, 3.05) is 9.80 Å². The first-order chi connectivity index (χ1) is 59.9. The maximum atomic E-state index is 6.29. The van der Waals surface area contributed by atoms with Gasteiger partial charge in [0.25, 0.3) is 0 Å². The van der Waals surface area contributed by atoms with Crippen LogP contribution in [0, 0.1) is 0 Å². The molecule has 0 radical (unpaired) electrons. The van der Waals surface area contributed by atoms with Gasteiger partial charge in [-0.05, 0) is 247 Å². The molecule has 1 heterocycles.